The zero-order chi connectivity index (χ0) is 16.3. The van der Waals surface area contributed by atoms with Crippen LogP contribution in [-0.4, -0.2) is 54.3 Å². The standard InChI is InChI=1S/C16H26N4O2/c1-11-6-5-9-20(14(11)10-21)16(22)18-13-8-7-12(2)17-15(13)19(3)4/h7-8,11,14,21H,5-6,9-10H2,1-4H3,(H,18,22). The van der Waals surface area contributed by atoms with Crippen molar-refractivity contribution in [3.05, 3.63) is 17.8 Å². The van der Waals surface area contributed by atoms with Gasteiger partial charge in [0.1, 0.15) is 0 Å². The van der Waals surface area contributed by atoms with E-state index < -0.39 is 0 Å². The Morgan fingerprint density at radius 3 is 2.86 bits per heavy atom. The number of pyridine rings is 1. The van der Waals surface area contributed by atoms with Gasteiger partial charge in [-0.15, -0.1) is 0 Å². The first-order valence-corrected chi connectivity index (χ1v) is 7.77. The van der Waals surface area contributed by atoms with Crippen LogP contribution in [0.2, 0.25) is 0 Å². The van der Waals surface area contributed by atoms with E-state index in [0.717, 1.165) is 24.4 Å². The van der Waals surface area contributed by atoms with Gasteiger partial charge >= 0.3 is 6.03 Å². The Bertz CT molecular complexity index is 533. The fourth-order valence-corrected chi connectivity index (χ4v) is 2.95. The summed E-state index contributed by atoms with van der Waals surface area (Å²) in [7, 11) is 3.80. The van der Waals surface area contributed by atoms with E-state index in [1.807, 2.05) is 38.1 Å². The Morgan fingerprint density at radius 1 is 1.50 bits per heavy atom. The number of nitrogens with zero attached hydrogens (tertiary/aromatic N) is 3. The van der Waals surface area contributed by atoms with Crippen LogP contribution in [0, 0.1) is 12.8 Å². The van der Waals surface area contributed by atoms with E-state index in [9.17, 15) is 9.90 Å². The maximum absolute atomic E-state index is 12.6. The van der Waals surface area contributed by atoms with Crippen molar-refractivity contribution in [2.75, 3.05) is 37.5 Å². The molecular weight excluding hydrogens is 280 g/mol. The smallest absolute Gasteiger partial charge is 0.322 e. The summed E-state index contributed by atoms with van der Waals surface area (Å²) in [6.45, 7) is 4.69. The number of aliphatic hydroxyl groups excluding tert-OH is 1. The van der Waals surface area contributed by atoms with Gasteiger partial charge in [-0.2, -0.15) is 0 Å². The highest BCUT2D eigenvalue weighted by molar-refractivity contribution is 5.92. The second-order valence-corrected chi connectivity index (χ2v) is 6.21. The van der Waals surface area contributed by atoms with Gasteiger partial charge in [0.15, 0.2) is 5.82 Å². The number of anilines is 2. The third kappa shape index (κ3) is 3.50. The van der Waals surface area contributed by atoms with Gasteiger partial charge < -0.3 is 20.2 Å². The number of amides is 2. The third-order valence-corrected chi connectivity index (χ3v) is 4.24. The SMILES string of the molecule is Cc1ccc(NC(=O)N2CCCC(C)C2CO)c(N(C)C)n1. The molecule has 6 heteroatoms. The van der Waals surface area contributed by atoms with Crippen molar-refractivity contribution in [1.29, 1.82) is 0 Å². The van der Waals surface area contributed by atoms with Gasteiger partial charge in [0.2, 0.25) is 0 Å². The predicted molar refractivity (Wildman–Crippen MR) is 88.3 cm³/mol. The summed E-state index contributed by atoms with van der Waals surface area (Å²) in [5, 5.41) is 12.5. The molecule has 22 heavy (non-hydrogen) atoms. The number of hydrogen-bond donors (Lipinski definition) is 2. The van der Waals surface area contributed by atoms with Gasteiger partial charge in [-0.25, -0.2) is 9.78 Å². The number of aryl methyl sites for hydroxylation is 1. The van der Waals surface area contributed by atoms with Gasteiger partial charge in [0, 0.05) is 26.3 Å². The molecule has 0 aliphatic carbocycles. The number of rotatable bonds is 3. The number of hydrogen-bond acceptors (Lipinski definition) is 4. The molecule has 1 aromatic rings. The monoisotopic (exact) mass is 306 g/mol. The molecule has 1 saturated heterocycles. The molecule has 2 rings (SSSR count). The van der Waals surface area contributed by atoms with Crippen molar-refractivity contribution < 1.29 is 9.90 Å². The lowest BCUT2D eigenvalue weighted by atomic mass is 9.91. The lowest BCUT2D eigenvalue weighted by Crippen LogP contribution is -2.51. The molecule has 6 nitrogen and oxygen atoms in total. The Labute approximate surface area is 132 Å². The summed E-state index contributed by atoms with van der Waals surface area (Å²) in [6.07, 6.45) is 2.02. The van der Waals surface area contributed by atoms with E-state index in [0.29, 0.717) is 18.2 Å². The molecule has 1 aliphatic heterocycles. The van der Waals surface area contributed by atoms with Crippen LogP contribution in [0.15, 0.2) is 12.1 Å². The molecule has 2 heterocycles. The van der Waals surface area contributed by atoms with Crippen molar-refractivity contribution in [3.63, 3.8) is 0 Å². The Balaban J connectivity index is 2.18. The van der Waals surface area contributed by atoms with Crippen LogP contribution in [0.3, 0.4) is 0 Å². The second kappa shape index (κ2) is 6.96. The Kier molecular flexibility index (Phi) is 5.24. The molecule has 2 atom stereocenters. The molecule has 1 aromatic heterocycles. The molecule has 1 aliphatic rings. The van der Waals surface area contributed by atoms with Crippen LogP contribution >= 0.6 is 0 Å². The van der Waals surface area contributed by atoms with Gasteiger partial charge in [-0.05, 0) is 37.8 Å². The largest absolute Gasteiger partial charge is 0.394 e. The molecule has 0 spiro atoms. The molecule has 2 unspecified atom stereocenters. The van der Waals surface area contributed by atoms with Gasteiger partial charge in [0.25, 0.3) is 0 Å². The maximum atomic E-state index is 12.6. The van der Waals surface area contributed by atoms with Crippen LogP contribution in [0.4, 0.5) is 16.3 Å². The summed E-state index contributed by atoms with van der Waals surface area (Å²) in [6, 6.07) is 3.47. The molecular formula is C16H26N4O2. The molecule has 122 valence electrons. The fraction of sp³-hybridized carbons (Fsp3) is 0.625. The zero-order valence-corrected chi connectivity index (χ0v) is 13.8. The van der Waals surface area contributed by atoms with Crippen LogP contribution in [-0.2, 0) is 0 Å². The number of carbonyl (C=O) groups is 1. The first-order valence-electron chi connectivity index (χ1n) is 7.77. The molecule has 2 N–H and O–H groups in total. The molecule has 0 aromatic carbocycles. The summed E-state index contributed by atoms with van der Waals surface area (Å²) in [5.41, 5.74) is 1.59. The van der Waals surface area contributed by atoms with Crippen molar-refractivity contribution in [1.82, 2.24) is 9.88 Å². The minimum atomic E-state index is -0.167. The van der Waals surface area contributed by atoms with Crippen LogP contribution in [0.1, 0.15) is 25.5 Å². The minimum Gasteiger partial charge on any atom is -0.394 e. The Hall–Kier alpha value is -1.82. The molecule has 0 bridgehead atoms. The highest BCUT2D eigenvalue weighted by Crippen LogP contribution is 2.26. The first kappa shape index (κ1) is 16.5. The Morgan fingerprint density at radius 2 is 2.23 bits per heavy atom. The van der Waals surface area contributed by atoms with E-state index in [1.165, 1.54) is 0 Å². The van der Waals surface area contributed by atoms with E-state index in [4.69, 9.17) is 0 Å². The van der Waals surface area contributed by atoms with Gasteiger partial charge in [-0.1, -0.05) is 6.92 Å². The number of likely N-dealkylation sites (tertiary alicyclic amines) is 1. The highest BCUT2D eigenvalue weighted by atomic mass is 16.3. The van der Waals surface area contributed by atoms with E-state index >= 15 is 0 Å². The van der Waals surface area contributed by atoms with Crippen molar-refractivity contribution >= 4 is 17.5 Å². The lowest BCUT2D eigenvalue weighted by Gasteiger charge is -2.39. The van der Waals surface area contributed by atoms with Gasteiger partial charge in [-0.3, -0.25) is 0 Å². The van der Waals surface area contributed by atoms with Crippen molar-refractivity contribution in [2.45, 2.75) is 32.7 Å². The molecule has 0 radical (unpaired) electrons. The second-order valence-electron chi connectivity index (χ2n) is 6.21. The minimum absolute atomic E-state index is 0.00126. The molecule has 0 saturated carbocycles. The number of urea groups is 1. The lowest BCUT2D eigenvalue weighted by molar-refractivity contribution is 0.0811. The van der Waals surface area contributed by atoms with Crippen LogP contribution < -0.4 is 10.2 Å². The number of aliphatic hydroxyl groups is 1. The van der Waals surface area contributed by atoms with Crippen LogP contribution in [0.5, 0.6) is 0 Å². The molecule has 1 fully saturated rings. The van der Waals surface area contributed by atoms with E-state index in [-0.39, 0.29) is 18.7 Å². The number of nitrogens with one attached hydrogen (secondary N) is 1. The van der Waals surface area contributed by atoms with Crippen LogP contribution in [0.25, 0.3) is 0 Å². The highest BCUT2D eigenvalue weighted by Gasteiger charge is 2.31. The predicted octanol–water partition coefficient (Wildman–Crippen LogP) is 2.08. The van der Waals surface area contributed by atoms with Crippen molar-refractivity contribution in [2.24, 2.45) is 5.92 Å². The average Bonchev–Trinajstić information content (AvgIpc) is 2.48. The topological polar surface area (TPSA) is 68.7 Å². The fourth-order valence-electron chi connectivity index (χ4n) is 2.95. The summed E-state index contributed by atoms with van der Waals surface area (Å²) >= 11 is 0. The zero-order valence-electron chi connectivity index (χ0n) is 13.8. The number of piperidine rings is 1. The third-order valence-electron chi connectivity index (χ3n) is 4.24. The summed E-state index contributed by atoms with van der Waals surface area (Å²) in [5.74, 6) is 1.05. The first-order chi connectivity index (χ1) is 10.4. The van der Waals surface area contributed by atoms with E-state index in [2.05, 4.69) is 17.2 Å². The molecule has 2 amide bonds. The maximum Gasteiger partial charge on any atom is 0.322 e. The van der Waals surface area contributed by atoms with E-state index in [1.54, 1.807) is 4.90 Å². The average molecular weight is 306 g/mol. The van der Waals surface area contributed by atoms with Crippen molar-refractivity contribution in [3.8, 4) is 0 Å². The quantitative estimate of drug-likeness (QED) is 0.897. The number of aromatic nitrogens is 1. The van der Waals surface area contributed by atoms with Gasteiger partial charge in [0.05, 0.1) is 18.3 Å². The normalized spacial score (nSPS) is 21.6. The summed E-state index contributed by atoms with van der Waals surface area (Å²) < 4.78 is 0. The summed E-state index contributed by atoms with van der Waals surface area (Å²) in [4.78, 5) is 20.7. The number of carbonyl (C=O) groups excluding carboxylic acids is 1.